The number of nitrogens with zero attached hydrogens (tertiary/aromatic N) is 3. The van der Waals surface area contributed by atoms with E-state index in [9.17, 15) is 36.5 Å². The highest BCUT2D eigenvalue weighted by Crippen LogP contribution is 2.36. The number of carbonyl (C=O) groups is 1. The predicted octanol–water partition coefficient (Wildman–Crippen LogP) is 3.57. The van der Waals surface area contributed by atoms with Crippen LogP contribution < -0.4 is 9.73 Å². The monoisotopic (exact) mass is 492 g/mol. The molecule has 172 valence electrons. The fourth-order valence-corrected chi connectivity index (χ4v) is 3.61. The molecule has 1 amide bonds. The molecule has 32 heavy (non-hydrogen) atoms. The zero-order chi connectivity index (χ0) is 24.3. The summed E-state index contributed by atoms with van der Waals surface area (Å²) in [6.45, 7) is 0.531. The van der Waals surface area contributed by atoms with Crippen LogP contribution in [0.3, 0.4) is 0 Å². The van der Waals surface area contributed by atoms with Crippen molar-refractivity contribution in [1.82, 2.24) is 5.43 Å². The van der Waals surface area contributed by atoms with Crippen LogP contribution in [0.5, 0.6) is 0 Å². The Labute approximate surface area is 185 Å². The number of hydrogen-bond acceptors (Lipinski definition) is 6. The molecule has 0 atom stereocenters. The molecule has 0 aliphatic heterocycles. The van der Waals surface area contributed by atoms with E-state index in [1.165, 1.54) is 31.2 Å². The lowest BCUT2D eigenvalue weighted by molar-refractivity contribution is -0.384. The molecule has 9 nitrogen and oxygen atoms in total. The average molecular weight is 493 g/mol. The number of halogens is 4. The summed E-state index contributed by atoms with van der Waals surface area (Å²) in [6, 6.07) is 7.47. The number of sulfonamides is 1. The number of amides is 1. The van der Waals surface area contributed by atoms with E-state index in [2.05, 4.69) is 10.5 Å². The van der Waals surface area contributed by atoms with Crippen molar-refractivity contribution in [2.75, 3.05) is 17.1 Å². The van der Waals surface area contributed by atoms with E-state index in [0.29, 0.717) is 28.3 Å². The van der Waals surface area contributed by atoms with Crippen molar-refractivity contribution in [3.05, 3.63) is 68.7 Å². The molecule has 0 aliphatic carbocycles. The van der Waals surface area contributed by atoms with E-state index >= 15 is 0 Å². The lowest BCUT2D eigenvalue weighted by Crippen LogP contribution is -2.39. The van der Waals surface area contributed by atoms with Crippen molar-refractivity contribution < 1.29 is 31.3 Å². The highest BCUT2D eigenvalue weighted by Gasteiger charge is 2.33. The summed E-state index contributed by atoms with van der Waals surface area (Å²) >= 11 is 5.89. The first-order valence-corrected chi connectivity index (χ1v) is 10.8. The molecule has 2 aromatic rings. The molecule has 0 bridgehead atoms. The Morgan fingerprint density at radius 3 is 2.47 bits per heavy atom. The van der Waals surface area contributed by atoms with Gasteiger partial charge in [-0.15, -0.1) is 0 Å². The highest BCUT2D eigenvalue weighted by molar-refractivity contribution is 7.92. The van der Waals surface area contributed by atoms with Crippen LogP contribution in [0.1, 0.15) is 18.1 Å². The number of nitrogens with one attached hydrogen (secondary N) is 1. The smallest absolute Gasteiger partial charge is 0.271 e. The van der Waals surface area contributed by atoms with Gasteiger partial charge in [-0.25, -0.2) is 13.8 Å². The molecule has 0 spiro atoms. The Morgan fingerprint density at radius 2 is 1.91 bits per heavy atom. The summed E-state index contributed by atoms with van der Waals surface area (Å²) in [4.78, 5) is 22.5. The Balaban J connectivity index is 2.28. The average Bonchev–Trinajstić information content (AvgIpc) is 2.69. The normalized spacial score (nSPS) is 12.4. The molecule has 0 fully saturated rings. The zero-order valence-corrected chi connectivity index (χ0v) is 18.1. The summed E-state index contributed by atoms with van der Waals surface area (Å²) in [5.74, 6) is -0.978. The van der Waals surface area contributed by atoms with E-state index < -0.39 is 44.8 Å². The van der Waals surface area contributed by atoms with Crippen LogP contribution in [0, 0.1) is 10.1 Å². The van der Waals surface area contributed by atoms with Gasteiger partial charge in [-0.2, -0.15) is 18.3 Å². The third-order valence-corrected chi connectivity index (χ3v) is 5.50. The Hall–Kier alpha value is -3.19. The molecule has 2 aromatic carbocycles. The molecular formula is C18H16ClF3N4O5S. The summed E-state index contributed by atoms with van der Waals surface area (Å²) in [5, 5.41) is 14.3. The van der Waals surface area contributed by atoms with Gasteiger partial charge in [0.15, 0.2) is 0 Å². The van der Waals surface area contributed by atoms with Gasteiger partial charge in [0.2, 0.25) is 10.0 Å². The fourth-order valence-electron chi connectivity index (χ4n) is 2.48. The van der Waals surface area contributed by atoms with Crippen LogP contribution in [0.15, 0.2) is 47.6 Å². The van der Waals surface area contributed by atoms with Gasteiger partial charge in [0, 0.05) is 17.7 Å². The number of non-ortho nitro benzene ring substituents is 1. The van der Waals surface area contributed by atoms with E-state index in [1.807, 2.05) is 0 Å². The summed E-state index contributed by atoms with van der Waals surface area (Å²) in [5.41, 5.74) is 0.685. The van der Waals surface area contributed by atoms with Crippen molar-refractivity contribution in [3.8, 4) is 0 Å². The van der Waals surface area contributed by atoms with Gasteiger partial charge in [0.25, 0.3) is 11.6 Å². The van der Waals surface area contributed by atoms with Crippen LogP contribution in [0.25, 0.3) is 0 Å². The predicted molar refractivity (Wildman–Crippen MR) is 112 cm³/mol. The summed E-state index contributed by atoms with van der Waals surface area (Å²) in [6.07, 6.45) is -4.06. The number of nitro benzene ring substituents is 1. The van der Waals surface area contributed by atoms with Crippen molar-refractivity contribution in [1.29, 1.82) is 0 Å². The van der Waals surface area contributed by atoms with E-state index in [0.717, 1.165) is 6.07 Å². The second-order valence-corrected chi connectivity index (χ2v) is 8.79. The number of carbonyl (C=O) groups excluding carboxylic acids is 1. The Morgan fingerprint density at radius 1 is 1.25 bits per heavy atom. The van der Waals surface area contributed by atoms with Crippen LogP contribution >= 0.6 is 11.6 Å². The molecule has 1 N–H and O–H groups in total. The standard InChI is InChI=1S/C18H16ClF3N4O5S/c1-11(12-4-3-5-14(8-12)26(28)29)23-24-17(27)10-25(32(2,30)31)16-9-13(18(20,21)22)6-7-15(16)19/h3-9H,10H2,1-2H3,(H,24,27). The third kappa shape index (κ3) is 6.40. The maximum absolute atomic E-state index is 13.0. The number of benzene rings is 2. The first-order chi connectivity index (χ1) is 14.7. The van der Waals surface area contributed by atoms with Crippen LogP contribution in [0.2, 0.25) is 5.02 Å². The van der Waals surface area contributed by atoms with E-state index in [4.69, 9.17) is 11.6 Å². The number of alkyl halides is 3. The number of rotatable bonds is 7. The van der Waals surface area contributed by atoms with Gasteiger partial charge in [-0.05, 0) is 25.1 Å². The molecule has 0 saturated heterocycles. The van der Waals surface area contributed by atoms with E-state index in [-0.39, 0.29) is 16.4 Å². The lowest BCUT2D eigenvalue weighted by atomic mass is 10.1. The van der Waals surface area contributed by atoms with Gasteiger partial charge >= 0.3 is 6.18 Å². The van der Waals surface area contributed by atoms with Gasteiger partial charge in [-0.3, -0.25) is 19.2 Å². The third-order valence-electron chi connectivity index (χ3n) is 4.05. The van der Waals surface area contributed by atoms with Crippen LogP contribution in [0.4, 0.5) is 24.5 Å². The maximum atomic E-state index is 13.0. The molecule has 0 radical (unpaired) electrons. The van der Waals surface area contributed by atoms with Crippen molar-refractivity contribution in [3.63, 3.8) is 0 Å². The molecule has 2 rings (SSSR count). The fraction of sp³-hybridized carbons (Fsp3) is 0.222. The molecule has 0 heterocycles. The second kappa shape index (κ2) is 9.53. The van der Waals surface area contributed by atoms with Crippen molar-refractivity contribution in [2.24, 2.45) is 5.10 Å². The molecule has 0 unspecified atom stereocenters. The minimum Gasteiger partial charge on any atom is -0.271 e. The maximum Gasteiger partial charge on any atom is 0.416 e. The summed E-state index contributed by atoms with van der Waals surface area (Å²) < 4.78 is 63.8. The Bertz CT molecular complexity index is 1190. The summed E-state index contributed by atoms with van der Waals surface area (Å²) in [7, 11) is -4.21. The van der Waals surface area contributed by atoms with Gasteiger partial charge in [0.05, 0.1) is 33.2 Å². The number of nitro groups is 1. The molecule has 0 saturated carbocycles. The first kappa shape index (κ1) is 25.1. The number of hydrogen-bond donors (Lipinski definition) is 1. The quantitative estimate of drug-likeness (QED) is 0.359. The zero-order valence-electron chi connectivity index (χ0n) is 16.6. The molecular weight excluding hydrogens is 477 g/mol. The van der Waals surface area contributed by atoms with E-state index in [1.54, 1.807) is 0 Å². The van der Waals surface area contributed by atoms with Gasteiger partial charge in [-0.1, -0.05) is 23.7 Å². The Kier molecular flexibility index (Phi) is 7.46. The van der Waals surface area contributed by atoms with Crippen LogP contribution in [-0.2, 0) is 21.0 Å². The second-order valence-electron chi connectivity index (χ2n) is 6.47. The van der Waals surface area contributed by atoms with Crippen LogP contribution in [-0.4, -0.2) is 37.8 Å². The largest absolute Gasteiger partial charge is 0.416 e. The topological polar surface area (TPSA) is 122 Å². The van der Waals surface area contributed by atoms with Gasteiger partial charge in [0.1, 0.15) is 6.54 Å². The SMILES string of the molecule is CC(=NNC(=O)CN(c1cc(C(F)(F)F)ccc1Cl)S(C)(=O)=O)c1cccc([N+](=O)[O-])c1. The first-order valence-electron chi connectivity index (χ1n) is 8.62. The minimum absolute atomic E-state index is 0.171. The number of hydrazone groups is 1. The highest BCUT2D eigenvalue weighted by atomic mass is 35.5. The molecule has 0 aliphatic rings. The minimum atomic E-state index is -4.76. The van der Waals surface area contributed by atoms with Crippen molar-refractivity contribution in [2.45, 2.75) is 13.1 Å². The van der Waals surface area contributed by atoms with Crippen molar-refractivity contribution >= 4 is 44.6 Å². The molecule has 0 aromatic heterocycles. The molecule has 14 heteroatoms. The lowest BCUT2D eigenvalue weighted by Gasteiger charge is -2.23. The van der Waals surface area contributed by atoms with Gasteiger partial charge < -0.3 is 0 Å². The number of anilines is 1.